The monoisotopic (exact) mass is 284 g/mol. The smallest absolute Gasteiger partial charge is 0.222 e. The van der Waals surface area contributed by atoms with Crippen molar-refractivity contribution in [1.29, 1.82) is 0 Å². The number of nitrogens with one attached hydrogen (secondary N) is 1. The van der Waals surface area contributed by atoms with Crippen molar-refractivity contribution in [2.24, 2.45) is 5.92 Å². The molecule has 2 aliphatic heterocycles. The minimum Gasteiger partial charge on any atom is -0.341 e. The number of hydrogen-bond acceptors (Lipinski definition) is 3. The van der Waals surface area contributed by atoms with Crippen molar-refractivity contribution >= 4 is 17.7 Å². The van der Waals surface area contributed by atoms with Gasteiger partial charge in [0.2, 0.25) is 5.91 Å². The van der Waals surface area contributed by atoms with Crippen LogP contribution in [-0.4, -0.2) is 48.0 Å². The minimum atomic E-state index is 0.396. The van der Waals surface area contributed by atoms with E-state index in [1.807, 2.05) is 11.8 Å². The van der Waals surface area contributed by atoms with E-state index in [-0.39, 0.29) is 0 Å². The van der Waals surface area contributed by atoms with Crippen LogP contribution in [0.4, 0.5) is 0 Å². The highest BCUT2D eigenvalue weighted by Crippen LogP contribution is 2.26. The SMILES string of the molecule is CCCN(CC1CCCN1)C(=O)CC1CCSCC1. The number of nitrogens with zero attached hydrogens (tertiary/aromatic N) is 1. The Morgan fingerprint density at radius 1 is 1.32 bits per heavy atom. The Morgan fingerprint density at radius 2 is 2.11 bits per heavy atom. The van der Waals surface area contributed by atoms with Gasteiger partial charge in [-0.05, 0) is 56.1 Å². The van der Waals surface area contributed by atoms with Crippen LogP contribution in [0, 0.1) is 5.92 Å². The van der Waals surface area contributed by atoms with Gasteiger partial charge in [-0.2, -0.15) is 11.8 Å². The van der Waals surface area contributed by atoms with Crippen molar-refractivity contribution in [3.63, 3.8) is 0 Å². The second-order valence-corrected chi connectivity index (χ2v) is 7.12. The van der Waals surface area contributed by atoms with Crippen molar-refractivity contribution in [2.75, 3.05) is 31.1 Å². The fourth-order valence-electron chi connectivity index (χ4n) is 3.09. The molecule has 1 N–H and O–H groups in total. The number of hydrogen-bond donors (Lipinski definition) is 1. The molecule has 0 radical (unpaired) electrons. The Labute approximate surface area is 121 Å². The highest BCUT2D eigenvalue weighted by molar-refractivity contribution is 7.99. The maximum absolute atomic E-state index is 12.5. The van der Waals surface area contributed by atoms with Gasteiger partial charge in [0.05, 0.1) is 0 Å². The first-order valence-corrected chi connectivity index (χ1v) is 9.04. The van der Waals surface area contributed by atoms with Crippen molar-refractivity contribution in [3.8, 4) is 0 Å². The summed E-state index contributed by atoms with van der Waals surface area (Å²) in [6.07, 6.45) is 6.81. The van der Waals surface area contributed by atoms with Gasteiger partial charge >= 0.3 is 0 Å². The summed E-state index contributed by atoms with van der Waals surface area (Å²) >= 11 is 2.04. The van der Waals surface area contributed by atoms with E-state index in [1.165, 1.54) is 37.2 Å². The van der Waals surface area contributed by atoms with Crippen LogP contribution in [-0.2, 0) is 4.79 Å². The summed E-state index contributed by atoms with van der Waals surface area (Å²) < 4.78 is 0. The molecule has 2 aliphatic rings. The number of carbonyl (C=O) groups excluding carboxylic acids is 1. The molecule has 0 spiro atoms. The normalized spacial score (nSPS) is 24.6. The zero-order valence-corrected chi connectivity index (χ0v) is 13.0. The zero-order chi connectivity index (χ0) is 13.5. The van der Waals surface area contributed by atoms with Crippen LogP contribution in [0.25, 0.3) is 0 Å². The van der Waals surface area contributed by atoms with E-state index in [9.17, 15) is 4.79 Å². The maximum Gasteiger partial charge on any atom is 0.222 e. The lowest BCUT2D eigenvalue weighted by molar-refractivity contribution is -0.132. The molecule has 4 heteroatoms. The second-order valence-electron chi connectivity index (χ2n) is 5.89. The zero-order valence-electron chi connectivity index (χ0n) is 12.2. The minimum absolute atomic E-state index is 0.396. The van der Waals surface area contributed by atoms with Crippen molar-refractivity contribution in [1.82, 2.24) is 10.2 Å². The number of thioether (sulfide) groups is 1. The standard InChI is InChI=1S/C15H28N2OS/c1-2-8-17(12-14-4-3-7-16-14)15(18)11-13-5-9-19-10-6-13/h13-14,16H,2-12H2,1H3. The summed E-state index contributed by atoms with van der Waals surface area (Å²) in [5.74, 6) is 3.53. The Bertz CT molecular complexity index is 273. The average molecular weight is 284 g/mol. The summed E-state index contributed by atoms with van der Waals surface area (Å²) in [5.41, 5.74) is 0. The summed E-state index contributed by atoms with van der Waals surface area (Å²) in [6.45, 7) is 5.14. The molecule has 19 heavy (non-hydrogen) atoms. The van der Waals surface area contributed by atoms with Gasteiger partial charge in [-0.1, -0.05) is 6.92 Å². The van der Waals surface area contributed by atoms with Crippen LogP contribution in [0.15, 0.2) is 0 Å². The number of carbonyl (C=O) groups is 1. The van der Waals surface area contributed by atoms with Gasteiger partial charge < -0.3 is 10.2 Å². The van der Waals surface area contributed by atoms with Gasteiger partial charge in [0.1, 0.15) is 0 Å². The fraction of sp³-hybridized carbons (Fsp3) is 0.933. The van der Waals surface area contributed by atoms with E-state index in [0.29, 0.717) is 17.9 Å². The molecule has 0 aromatic rings. The Kier molecular flexibility index (Phi) is 6.51. The Morgan fingerprint density at radius 3 is 2.74 bits per heavy atom. The number of rotatable bonds is 6. The van der Waals surface area contributed by atoms with Crippen LogP contribution in [0.2, 0.25) is 0 Å². The van der Waals surface area contributed by atoms with Crippen LogP contribution in [0.5, 0.6) is 0 Å². The number of amides is 1. The summed E-state index contributed by atoms with van der Waals surface area (Å²) in [4.78, 5) is 14.6. The molecule has 2 heterocycles. The maximum atomic E-state index is 12.5. The molecule has 2 fully saturated rings. The van der Waals surface area contributed by atoms with Crippen molar-refractivity contribution < 1.29 is 4.79 Å². The third kappa shape index (κ3) is 4.99. The third-order valence-corrected chi connectivity index (χ3v) is 5.30. The largest absolute Gasteiger partial charge is 0.341 e. The summed E-state index contributed by atoms with van der Waals surface area (Å²) in [5, 5.41) is 3.51. The van der Waals surface area contributed by atoms with Crippen LogP contribution >= 0.6 is 11.8 Å². The second kappa shape index (κ2) is 8.15. The lowest BCUT2D eigenvalue weighted by Crippen LogP contribution is -2.42. The lowest BCUT2D eigenvalue weighted by atomic mass is 9.98. The predicted molar refractivity (Wildman–Crippen MR) is 82.6 cm³/mol. The van der Waals surface area contributed by atoms with E-state index in [0.717, 1.165) is 32.5 Å². The van der Waals surface area contributed by atoms with E-state index in [2.05, 4.69) is 17.1 Å². The molecule has 1 unspecified atom stereocenters. The molecule has 0 bridgehead atoms. The molecule has 1 amide bonds. The van der Waals surface area contributed by atoms with Crippen molar-refractivity contribution in [2.45, 2.75) is 51.5 Å². The first kappa shape index (κ1) is 15.2. The molecule has 3 nitrogen and oxygen atoms in total. The summed E-state index contributed by atoms with van der Waals surface area (Å²) in [6, 6.07) is 0.539. The molecular formula is C15H28N2OS. The summed E-state index contributed by atoms with van der Waals surface area (Å²) in [7, 11) is 0. The molecule has 110 valence electrons. The third-order valence-electron chi connectivity index (χ3n) is 4.25. The van der Waals surface area contributed by atoms with Gasteiger partial charge in [0.25, 0.3) is 0 Å². The average Bonchev–Trinajstić information content (AvgIpc) is 2.92. The highest BCUT2D eigenvalue weighted by Gasteiger charge is 2.24. The van der Waals surface area contributed by atoms with Gasteiger partial charge in [-0.15, -0.1) is 0 Å². The Balaban J connectivity index is 1.80. The van der Waals surface area contributed by atoms with E-state index < -0.39 is 0 Å². The lowest BCUT2D eigenvalue weighted by Gasteiger charge is -2.28. The molecule has 1 atom stereocenters. The molecule has 2 saturated heterocycles. The molecular weight excluding hydrogens is 256 g/mol. The first-order chi connectivity index (χ1) is 9.29. The van der Waals surface area contributed by atoms with Crippen LogP contribution in [0.1, 0.15) is 45.4 Å². The fourth-order valence-corrected chi connectivity index (χ4v) is 4.30. The van der Waals surface area contributed by atoms with E-state index in [4.69, 9.17) is 0 Å². The van der Waals surface area contributed by atoms with E-state index >= 15 is 0 Å². The molecule has 0 saturated carbocycles. The molecule has 0 aromatic heterocycles. The van der Waals surface area contributed by atoms with Gasteiger partial charge in [-0.25, -0.2) is 0 Å². The highest BCUT2D eigenvalue weighted by atomic mass is 32.2. The van der Waals surface area contributed by atoms with Crippen LogP contribution < -0.4 is 5.32 Å². The van der Waals surface area contributed by atoms with Gasteiger partial charge in [0, 0.05) is 25.6 Å². The van der Waals surface area contributed by atoms with Crippen LogP contribution in [0.3, 0.4) is 0 Å². The quantitative estimate of drug-likeness (QED) is 0.813. The van der Waals surface area contributed by atoms with Crippen molar-refractivity contribution in [3.05, 3.63) is 0 Å². The van der Waals surface area contributed by atoms with E-state index in [1.54, 1.807) is 0 Å². The molecule has 2 rings (SSSR count). The first-order valence-electron chi connectivity index (χ1n) is 7.88. The topological polar surface area (TPSA) is 32.3 Å². The Hall–Kier alpha value is -0.220. The van der Waals surface area contributed by atoms with Gasteiger partial charge in [0.15, 0.2) is 0 Å². The van der Waals surface area contributed by atoms with Gasteiger partial charge in [-0.3, -0.25) is 4.79 Å². The predicted octanol–water partition coefficient (Wildman–Crippen LogP) is 2.51. The molecule has 0 aliphatic carbocycles. The molecule has 0 aromatic carbocycles.